The van der Waals surface area contributed by atoms with E-state index in [2.05, 4.69) is 39.5 Å². The number of aromatic nitrogens is 1. The number of nitrogens with zero attached hydrogens (tertiary/aromatic N) is 2. The molecule has 20 heavy (non-hydrogen) atoms. The first-order valence-corrected chi connectivity index (χ1v) is 7.72. The van der Waals surface area contributed by atoms with Crippen LogP contribution >= 0.6 is 0 Å². The van der Waals surface area contributed by atoms with E-state index in [0.717, 1.165) is 24.0 Å². The fourth-order valence-electron chi connectivity index (χ4n) is 3.30. The summed E-state index contributed by atoms with van der Waals surface area (Å²) in [5.41, 5.74) is 2.30. The summed E-state index contributed by atoms with van der Waals surface area (Å²) in [5.74, 6) is 0.794. The average molecular weight is 267 g/mol. The largest absolute Gasteiger partial charge is 0.384 e. The summed E-state index contributed by atoms with van der Waals surface area (Å²) in [7, 11) is 0. The number of benzene rings is 1. The summed E-state index contributed by atoms with van der Waals surface area (Å²) in [4.78, 5) is 7.09. The third-order valence-corrected chi connectivity index (χ3v) is 4.61. The monoisotopic (exact) mass is 267 g/mol. The number of fused-ring (bicyclic) bond motifs is 1. The van der Waals surface area contributed by atoms with E-state index in [-0.39, 0.29) is 0 Å². The van der Waals surface area contributed by atoms with Gasteiger partial charge in [0.1, 0.15) is 0 Å². The van der Waals surface area contributed by atoms with E-state index < -0.39 is 0 Å². The van der Waals surface area contributed by atoms with Gasteiger partial charge >= 0.3 is 0 Å². The lowest BCUT2D eigenvalue weighted by atomic mass is 10.1. The molecule has 2 fully saturated rings. The maximum Gasteiger partial charge on any atom is 0.0722 e. The van der Waals surface area contributed by atoms with E-state index in [1.807, 2.05) is 12.3 Å². The molecule has 2 heterocycles. The van der Waals surface area contributed by atoms with Gasteiger partial charge in [0, 0.05) is 36.4 Å². The van der Waals surface area contributed by atoms with Gasteiger partial charge in [0.05, 0.1) is 5.52 Å². The molecule has 2 aromatic rings. The summed E-state index contributed by atoms with van der Waals surface area (Å²) in [6.45, 7) is 3.66. The van der Waals surface area contributed by atoms with Crippen LogP contribution in [0.15, 0.2) is 36.5 Å². The molecule has 0 spiro atoms. The molecular weight excluding hydrogens is 246 g/mol. The molecule has 1 saturated carbocycles. The molecule has 0 amide bonds. The second-order valence-electron chi connectivity index (χ2n) is 6.14. The number of anilines is 1. The Morgan fingerprint density at radius 2 is 2.05 bits per heavy atom. The van der Waals surface area contributed by atoms with Crippen molar-refractivity contribution in [1.29, 1.82) is 0 Å². The number of nitrogens with one attached hydrogen (secondary N) is 1. The van der Waals surface area contributed by atoms with Crippen molar-refractivity contribution in [3.63, 3.8) is 0 Å². The van der Waals surface area contributed by atoms with Gasteiger partial charge < -0.3 is 10.2 Å². The van der Waals surface area contributed by atoms with Crippen molar-refractivity contribution in [2.24, 2.45) is 5.92 Å². The van der Waals surface area contributed by atoms with E-state index in [1.165, 1.54) is 43.4 Å². The SMILES string of the molecule is c1ccc2c(NC[C@@H]3CCN(C4CC4)C3)ccnc2c1. The Morgan fingerprint density at radius 1 is 1.15 bits per heavy atom. The number of likely N-dealkylation sites (tertiary alicyclic amines) is 1. The summed E-state index contributed by atoms with van der Waals surface area (Å²) >= 11 is 0. The molecule has 1 aliphatic carbocycles. The Hall–Kier alpha value is -1.61. The maximum atomic E-state index is 4.42. The Bertz CT molecular complexity index is 601. The van der Waals surface area contributed by atoms with Crippen LogP contribution in [0.5, 0.6) is 0 Å². The number of para-hydroxylation sites is 1. The van der Waals surface area contributed by atoms with Crippen LogP contribution in [-0.2, 0) is 0 Å². The first kappa shape index (κ1) is 12.2. The normalized spacial score (nSPS) is 23.3. The third-order valence-electron chi connectivity index (χ3n) is 4.61. The van der Waals surface area contributed by atoms with Crippen LogP contribution in [0.3, 0.4) is 0 Å². The molecule has 1 aliphatic heterocycles. The summed E-state index contributed by atoms with van der Waals surface area (Å²) in [6, 6.07) is 11.4. The fourth-order valence-corrected chi connectivity index (χ4v) is 3.30. The average Bonchev–Trinajstić information content (AvgIpc) is 3.24. The highest BCUT2D eigenvalue weighted by molar-refractivity contribution is 5.90. The molecule has 1 saturated heterocycles. The molecule has 4 rings (SSSR count). The van der Waals surface area contributed by atoms with Crippen molar-refractivity contribution in [2.45, 2.75) is 25.3 Å². The van der Waals surface area contributed by atoms with Crippen molar-refractivity contribution >= 4 is 16.6 Å². The Balaban J connectivity index is 1.43. The van der Waals surface area contributed by atoms with Gasteiger partial charge in [0.2, 0.25) is 0 Å². The summed E-state index contributed by atoms with van der Waals surface area (Å²) in [6.07, 6.45) is 6.09. The van der Waals surface area contributed by atoms with Gasteiger partial charge in [-0.15, -0.1) is 0 Å². The van der Waals surface area contributed by atoms with Crippen LogP contribution in [0.25, 0.3) is 10.9 Å². The standard InChI is InChI=1S/C17H21N3/c1-2-4-16-15(3-1)17(7-9-18-16)19-11-13-8-10-20(12-13)14-5-6-14/h1-4,7,9,13-14H,5-6,8,10-12H2,(H,18,19)/t13-/m0/s1. The molecule has 0 bridgehead atoms. The molecule has 1 aromatic heterocycles. The van der Waals surface area contributed by atoms with Crippen LogP contribution in [-0.4, -0.2) is 35.6 Å². The minimum Gasteiger partial charge on any atom is -0.384 e. The number of pyridine rings is 1. The van der Waals surface area contributed by atoms with Gasteiger partial charge in [-0.25, -0.2) is 0 Å². The lowest BCUT2D eigenvalue weighted by molar-refractivity contribution is 0.316. The van der Waals surface area contributed by atoms with Crippen LogP contribution in [0.2, 0.25) is 0 Å². The zero-order valence-electron chi connectivity index (χ0n) is 11.8. The fraction of sp³-hybridized carbons (Fsp3) is 0.471. The predicted molar refractivity (Wildman–Crippen MR) is 82.9 cm³/mol. The quantitative estimate of drug-likeness (QED) is 0.922. The van der Waals surface area contributed by atoms with Crippen molar-refractivity contribution in [3.8, 4) is 0 Å². The molecule has 1 N–H and O–H groups in total. The van der Waals surface area contributed by atoms with Crippen molar-refractivity contribution in [3.05, 3.63) is 36.5 Å². The second kappa shape index (κ2) is 5.06. The smallest absolute Gasteiger partial charge is 0.0722 e. The van der Waals surface area contributed by atoms with E-state index in [9.17, 15) is 0 Å². The van der Waals surface area contributed by atoms with E-state index >= 15 is 0 Å². The Kier molecular flexibility index (Phi) is 3.07. The van der Waals surface area contributed by atoms with E-state index in [1.54, 1.807) is 0 Å². The zero-order valence-corrected chi connectivity index (χ0v) is 11.8. The topological polar surface area (TPSA) is 28.2 Å². The number of rotatable bonds is 4. The third kappa shape index (κ3) is 2.38. The van der Waals surface area contributed by atoms with Crippen molar-refractivity contribution in [2.75, 3.05) is 25.0 Å². The van der Waals surface area contributed by atoms with Crippen molar-refractivity contribution in [1.82, 2.24) is 9.88 Å². The molecule has 3 heteroatoms. The Morgan fingerprint density at radius 3 is 2.95 bits per heavy atom. The lowest BCUT2D eigenvalue weighted by Gasteiger charge is -2.16. The lowest BCUT2D eigenvalue weighted by Crippen LogP contribution is -2.24. The minimum atomic E-state index is 0.794. The molecule has 0 radical (unpaired) electrons. The first-order chi connectivity index (χ1) is 9.90. The zero-order chi connectivity index (χ0) is 13.4. The van der Waals surface area contributed by atoms with E-state index in [0.29, 0.717) is 0 Å². The van der Waals surface area contributed by atoms with Gasteiger partial charge in [-0.3, -0.25) is 4.98 Å². The Labute approximate surface area is 120 Å². The molecule has 3 nitrogen and oxygen atoms in total. The van der Waals surface area contributed by atoms with Crippen LogP contribution in [0.1, 0.15) is 19.3 Å². The molecule has 2 aliphatic rings. The minimum absolute atomic E-state index is 0.794. The second-order valence-corrected chi connectivity index (χ2v) is 6.14. The summed E-state index contributed by atoms with van der Waals surface area (Å²) < 4.78 is 0. The highest BCUT2D eigenvalue weighted by atomic mass is 15.2. The highest BCUT2D eigenvalue weighted by Gasteiger charge is 2.34. The van der Waals surface area contributed by atoms with Gasteiger partial charge in [0.15, 0.2) is 0 Å². The van der Waals surface area contributed by atoms with E-state index in [4.69, 9.17) is 0 Å². The van der Waals surface area contributed by atoms with Gasteiger partial charge in [-0.05, 0) is 43.9 Å². The maximum absolute atomic E-state index is 4.42. The van der Waals surface area contributed by atoms with Crippen LogP contribution in [0.4, 0.5) is 5.69 Å². The van der Waals surface area contributed by atoms with Crippen LogP contribution in [0, 0.1) is 5.92 Å². The van der Waals surface area contributed by atoms with Gasteiger partial charge in [-0.1, -0.05) is 18.2 Å². The first-order valence-electron chi connectivity index (χ1n) is 7.72. The molecule has 0 unspecified atom stereocenters. The number of hydrogen-bond donors (Lipinski definition) is 1. The van der Waals surface area contributed by atoms with Gasteiger partial charge in [-0.2, -0.15) is 0 Å². The molecule has 104 valence electrons. The van der Waals surface area contributed by atoms with Crippen molar-refractivity contribution < 1.29 is 0 Å². The molecule has 1 atom stereocenters. The number of hydrogen-bond acceptors (Lipinski definition) is 3. The molecular formula is C17H21N3. The van der Waals surface area contributed by atoms with Crippen LogP contribution < -0.4 is 5.32 Å². The van der Waals surface area contributed by atoms with Gasteiger partial charge in [0.25, 0.3) is 0 Å². The molecule has 1 aromatic carbocycles. The predicted octanol–water partition coefficient (Wildman–Crippen LogP) is 3.13. The summed E-state index contributed by atoms with van der Waals surface area (Å²) in [5, 5.41) is 4.87. The highest BCUT2D eigenvalue weighted by Crippen LogP contribution is 2.32.